The third-order valence-corrected chi connectivity index (χ3v) is 4.72. The smallest absolute Gasteiger partial charge is 0.0417 e. The van der Waals surface area contributed by atoms with Crippen LogP contribution in [0.2, 0.25) is 5.02 Å². The fourth-order valence-corrected chi connectivity index (χ4v) is 3.37. The van der Waals surface area contributed by atoms with Crippen molar-refractivity contribution in [3.8, 4) is 0 Å². The van der Waals surface area contributed by atoms with E-state index in [1.54, 1.807) is 11.8 Å². The summed E-state index contributed by atoms with van der Waals surface area (Å²) in [6.45, 7) is 3.17. The molecular formula is C17H18ClNS. The van der Waals surface area contributed by atoms with Gasteiger partial charge >= 0.3 is 0 Å². The quantitative estimate of drug-likeness (QED) is 0.829. The van der Waals surface area contributed by atoms with Crippen LogP contribution in [0.1, 0.15) is 24.0 Å². The molecule has 2 aromatic rings. The average molecular weight is 304 g/mol. The highest BCUT2D eigenvalue weighted by atomic mass is 35.5. The maximum absolute atomic E-state index is 6.02. The van der Waals surface area contributed by atoms with Crippen molar-refractivity contribution in [3.63, 3.8) is 0 Å². The van der Waals surface area contributed by atoms with Gasteiger partial charge in [-0.3, -0.25) is 0 Å². The molecule has 1 N–H and O–H groups in total. The lowest BCUT2D eigenvalue weighted by Gasteiger charge is -2.09. The second kappa shape index (κ2) is 6.21. The first-order valence-corrected chi connectivity index (χ1v) is 8.16. The van der Waals surface area contributed by atoms with Crippen LogP contribution >= 0.6 is 23.4 Å². The molecule has 3 rings (SSSR count). The normalized spacial score (nSPS) is 14.5. The van der Waals surface area contributed by atoms with Gasteiger partial charge in [0.2, 0.25) is 0 Å². The molecule has 0 radical (unpaired) electrons. The van der Waals surface area contributed by atoms with Crippen LogP contribution in [0.3, 0.4) is 0 Å². The van der Waals surface area contributed by atoms with Crippen LogP contribution in [0.25, 0.3) is 0 Å². The number of aryl methyl sites for hydroxylation is 1. The highest BCUT2D eigenvalue weighted by Crippen LogP contribution is 2.30. The zero-order valence-electron chi connectivity index (χ0n) is 11.5. The predicted molar refractivity (Wildman–Crippen MR) is 86.6 cm³/mol. The number of hydrogen-bond donors (Lipinski definition) is 1. The topological polar surface area (TPSA) is 12.0 Å². The summed E-state index contributed by atoms with van der Waals surface area (Å²) in [7, 11) is 0. The van der Waals surface area contributed by atoms with Gasteiger partial charge in [-0.25, -0.2) is 0 Å². The van der Waals surface area contributed by atoms with Crippen LogP contribution in [0, 0.1) is 6.92 Å². The number of benzene rings is 2. The van der Waals surface area contributed by atoms with E-state index in [1.165, 1.54) is 33.8 Å². The summed E-state index contributed by atoms with van der Waals surface area (Å²) < 4.78 is 0. The molecule has 2 aromatic carbocycles. The third-order valence-electron chi connectivity index (χ3n) is 3.50. The third kappa shape index (κ3) is 3.78. The van der Waals surface area contributed by atoms with Crippen LogP contribution < -0.4 is 5.32 Å². The SMILES string of the molecule is Cc1cc(Sc2cccc(Cl)c2)ccc1CNC1CC1. The number of hydrogen-bond acceptors (Lipinski definition) is 2. The van der Waals surface area contributed by atoms with Crippen molar-refractivity contribution in [2.45, 2.75) is 42.1 Å². The Labute approximate surface area is 129 Å². The van der Waals surface area contributed by atoms with Gasteiger partial charge in [0, 0.05) is 27.4 Å². The van der Waals surface area contributed by atoms with Crippen LogP contribution in [0.15, 0.2) is 52.3 Å². The molecule has 1 fully saturated rings. The Hall–Kier alpha value is -0.960. The van der Waals surface area contributed by atoms with E-state index in [-0.39, 0.29) is 0 Å². The first-order chi connectivity index (χ1) is 9.70. The van der Waals surface area contributed by atoms with Crippen molar-refractivity contribution in [1.29, 1.82) is 0 Å². The fourth-order valence-electron chi connectivity index (χ4n) is 2.14. The van der Waals surface area contributed by atoms with Gasteiger partial charge in [0.15, 0.2) is 0 Å². The molecular weight excluding hydrogens is 286 g/mol. The van der Waals surface area contributed by atoms with Crippen molar-refractivity contribution >= 4 is 23.4 Å². The molecule has 0 spiro atoms. The summed E-state index contributed by atoms with van der Waals surface area (Å²) in [5, 5.41) is 4.35. The first kappa shape index (κ1) is 14.0. The van der Waals surface area contributed by atoms with E-state index >= 15 is 0 Å². The Morgan fingerprint density at radius 1 is 1.15 bits per heavy atom. The molecule has 3 heteroatoms. The van der Waals surface area contributed by atoms with Crippen LogP contribution in [0.5, 0.6) is 0 Å². The Kier molecular flexibility index (Phi) is 4.35. The Morgan fingerprint density at radius 3 is 2.65 bits per heavy atom. The largest absolute Gasteiger partial charge is 0.310 e. The molecule has 0 saturated heterocycles. The van der Waals surface area contributed by atoms with Gasteiger partial charge < -0.3 is 5.32 Å². The minimum absolute atomic E-state index is 0.759. The van der Waals surface area contributed by atoms with Gasteiger partial charge in [-0.1, -0.05) is 35.5 Å². The zero-order chi connectivity index (χ0) is 13.9. The van der Waals surface area contributed by atoms with Crippen molar-refractivity contribution in [3.05, 3.63) is 58.6 Å². The molecule has 0 aliphatic heterocycles. The van der Waals surface area contributed by atoms with Gasteiger partial charge in [0.1, 0.15) is 0 Å². The van der Waals surface area contributed by atoms with Gasteiger partial charge in [-0.05, 0) is 61.2 Å². The fraction of sp³-hybridized carbons (Fsp3) is 0.294. The molecule has 0 unspecified atom stereocenters. The highest BCUT2D eigenvalue weighted by molar-refractivity contribution is 7.99. The van der Waals surface area contributed by atoms with E-state index < -0.39 is 0 Å². The van der Waals surface area contributed by atoms with E-state index in [0.29, 0.717) is 0 Å². The summed E-state index contributed by atoms with van der Waals surface area (Å²) in [4.78, 5) is 2.45. The standard InChI is InChI=1S/C17H18ClNS/c1-12-9-17(20-16-4-2-3-14(18)10-16)8-5-13(12)11-19-15-6-7-15/h2-5,8-10,15,19H,6-7,11H2,1H3. The molecule has 1 aliphatic rings. The highest BCUT2D eigenvalue weighted by Gasteiger charge is 2.20. The minimum atomic E-state index is 0.759. The molecule has 104 valence electrons. The second-order valence-corrected chi connectivity index (χ2v) is 6.89. The number of rotatable bonds is 5. The Bertz CT molecular complexity index is 608. The molecule has 0 atom stereocenters. The van der Waals surface area contributed by atoms with E-state index in [0.717, 1.165) is 17.6 Å². The maximum Gasteiger partial charge on any atom is 0.0417 e. The van der Waals surface area contributed by atoms with E-state index in [4.69, 9.17) is 11.6 Å². The lowest BCUT2D eigenvalue weighted by atomic mass is 10.1. The second-order valence-electron chi connectivity index (χ2n) is 5.30. The summed E-state index contributed by atoms with van der Waals surface area (Å²) in [5.74, 6) is 0. The van der Waals surface area contributed by atoms with Crippen LogP contribution in [-0.4, -0.2) is 6.04 Å². The number of nitrogens with one attached hydrogen (secondary N) is 1. The summed E-state index contributed by atoms with van der Waals surface area (Å²) >= 11 is 7.78. The molecule has 20 heavy (non-hydrogen) atoms. The molecule has 0 amide bonds. The van der Waals surface area contributed by atoms with Gasteiger partial charge in [0.25, 0.3) is 0 Å². The lowest BCUT2D eigenvalue weighted by Crippen LogP contribution is -2.15. The number of halogens is 1. The first-order valence-electron chi connectivity index (χ1n) is 6.97. The summed E-state index contributed by atoms with van der Waals surface area (Å²) in [6.07, 6.45) is 2.67. The van der Waals surface area contributed by atoms with E-state index in [1.807, 2.05) is 18.2 Å². The summed E-state index contributed by atoms with van der Waals surface area (Å²) in [6, 6.07) is 15.4. The van der Waals surface area contributed by atoms with Crippen molar-refractivity contribution in [2.24, 2.45) is 0 Å². The molecule has 0 bridgehead atoms. The van der Waals surface area contributed by atoms with Crippen molar-refractivity contribution in [2.75, 3.05) is 0 Å². The maximum atomic E-state index is 6.02. The molecule has 1 aliphatic carbocycles. The van der Waals surface area contributed by atoms with Crippen LogP contribution in [0.4, 0.5) is 0 Å². The zero-order valence-corrected chi connectivity index (χ0v) is 13.1. The van der Waals surface area contributed by atoms with Gasteiger partial charge in [0.05, 0.1) is 0 Å². The van der Waals surface area contributed by atoms with Crippen molar-refractivity contribution < 1.29 is 0 Å². The molecule has 1 saturated carbocycles. The molecule has 0 aromatic heterocycles. The van der Waals surface area contributed by atoms with E-state index in [2.05, 4.69) is 36.5 Å². The monoisotopic (exact) mass is 303 g/mol. The minimum Gasteiger partial charge on any atom is -0.310 e. The van der Waals surface area contributed by atoms with E-state index in [9.17, 15) is 0 Å². The Morgan fingerprint density at radius 2 is 1.95 bits per heavy atom. The van der Waals surface area contributed by atoms with Gasteiger partial charge in [-0.15, -0.1) is 0 Å². The Balaban J connectivity index is 1.69. The predicted octanol–water partition coefficient (Wildman–Crippen LogP) is 5.05. The molecule has 1 nitrogen and oxygen atoms in total. The van der Waals surface area contributed by atoms with Gasteiger partial charge in [-0.2, -0.15) is 0 Å². The van der Waals surface area contributed by atoms with Crippen LogP contribution in [-0.2, 0) is 6.54 Å². The van der Waals surface area contributed by atoms with Crippen molar-refractivity contribution in [1.82, 2.24) is 5.32 Å². The average Bonchev–Trinajstić information content (AvgIpc) is 3.22. The lowest BCUT2D eigenvalue weighted by molar-refractivity contribution is 0.685. The molecule has 0 heterocycles. The summed E-state index contributed by atoms with van der Waals surface area (Å²) in [5.41, 5.74) is 2.75.